The molecule has 13 rings (SSSR count). The number of aliphatic hydroxyl groups excluding tert-OH is 5. The molecule has 11 unspecified atom stereocenters. The normalized spacial score (nSPS) is 25.0. The van der Waals surface area contributed by atoms with Gasteiger partial charge in [-0.25, -0.2) is 0 Å². The van der Waals surface area contributed by atoms with Crippen molar-refractivity contribution in [2.75, 3.05) is 38.4 Å². The number of benzene rings is 4. The van der Waals surface area contributed by atoms with Gasteiger partial charge in [-0.05, 0) is 103 Å². The Morgan fingerprint density at radius 1 is 0.278 bits per heavy atom. The molecule has 5 fully saturated rings. The van der Waals surface area contributed by atoms with E-state index in [1.165, 1.54) is 20.8 Å². The minimum atomic E-state index is -1.16. The van der Waals surface area contributed by atoms with Gasteiger partial charge in [0.1, 0.15) is 90.6 Å². The molecular formula is C86H113N19O20S. The minimum absolute atomic E-state index is 0.117. The Bertz CT molecular complexity index is 5160. The number of para-hydroxylation sites is 4. The largest absolute Gasteiger partial charge is 0.394 e. The number of thioether (sulfide) groups is 1. The predicted octanol–water partition coefficient (Wildman–Crippen LogP) is -2.72. The van der Waals surface area contributed by atoms with Crippen LogP contribution in [0.15, 0.2) is 122 Å². The number of rotatable bonds is 19. The van der Waals surface area contributed by atoms with Gasteiger partial charge in [-0.15, -0.1) is 0 Å². The fourth-order valence-electron chi connectivity index (χ4n) is 14.4. The first-order valence-electron chi connectivity index (χ1n) is 41.4. The summed E-state index contributed by atoms with van der Waals surface area (Å²) in [6.45, 7) is 13.1. The average Bonchev–Trinajstić information content (AvgIpc) is 1.67. The van der Waals surface area contributed by atoms with Crippen molar-refractivity contribution in [3.63, 3.8) is 0 Å². The highest BCUT2D eigenvalue weighted by molar-refractivity contribution is 7.98. The van der Waals surface area contributed by atoms with Gasteiger partial charge in [0, 0.05) is 94.1 Å². The molecule has 5 aliphatic rings. The molecule has 9 heterocycles. The highest BCUT2D eigenvalue weighted by Crippen LogP contribution is 2.25. The van der Waals surface area contributed by atoms with E-state index in [1.54, 1.807) is 59.5 Å². The molecule has 678 valence electrons. The molecule has 5 aliphatic heterocycles. The maximum Gasteiger partial charge on any atom is 0.245 e. The van der Waals surface area contributed by atoms with Crippen molar-refractivity contribution in [2.45, 2.75) is 191 Å². The maximum absolute atomic E-state index is 13.3. The molecule has 0 bridgehead atoms. The van der Waals surface area contributed by atoms with Crippen LogP contribution in [0.25, 0.3) is 43.6 Å². The summed E-state index contributed by atoms with van der Waals surface area (Å²) in [5, 5.41) is 90.0. The molecule has 126 heavy (non-hydrogen) atoms. The van der Waals surface area contributed by atoms with Crippen molar-refractivity contribution in [3.8, 4) is 0 Å². The molecule has 4 aromatic heterocycles. The van der Waals surface area contributed by atoms with E-state index in [0.717, 1.165) is 65.9 Å². The van der Waals surface area contributed by atoms with Gasteiger partial charge in [0.05, 0.1) is 32.5 Å². The predicted molar refractivity (Wildman–Crippen MR) is 466 cm³/mol. The van der Waals surface area contributed by atoms with Crippen molar-refractivity contribution in [2.24, 2.45) is 17.8 Å². The van der Waals surface area contributed by atoms with Gasteiger partial charge in [0.25, 0.3) is 0 Å². The zero-order valence-electron chi connectivity index (χ0n) is 71.4. The molecule has 24 N–H and O–H groups in total. The van der Waals surface area contributed by atoms with Crippen LogP contribution >= 0.6 is 11.8 Å². The van der Waals surface area contributed by atoms with Crippen molar-refractivity contribution in [3.05, 3.63) is 144 Å². The summed E-state index contributed by atoms with van der Waals surface area (Å²) < 4.78 is 0. The van der Waals surface area contributed by atoms with Crippen LogP contribution < -0.4 is 79.8 Å². The topological polar surface area (TPSA) is 601 Å². The summed E-state index contributed by atoms with van der Waals surface area (Å²) in [6.07, 6.45) is 9.48. The summed E-state index contributed by atoms with van der Waals surface area (Å²) in [5.41, 5.74) is 7.21. The molecule has 0 aliphatic carbocycles. The first-order valence-corrected chi connectivity index (χ1v) is 42.8. The van der Waals surface area contributed by atoms with E-state index in [-0.39, 0.29) is 49.3 Å². The molecule has 8 aromatic rings. The van der Waals surface area contributed by atoms with Crippen LogP contribution in [0, 0.1) is 17.8 Å². The standard InChI is InChI=1S/C25H25N5O4.C20H26N4O4S.C17H20N4O4.C13H23N3O4.C11H19N3O4/c31-13-22-25(34)29-20(9-14-11-26-18-7-3-1-5-16(14)18)23(32)28-21(24(33)30-22)10-15-12-27-19-8-4-2-6-17(15)19;1-11(25)17-20(28)22-15(7-8-29-2)18(26)23-16(19(27)24-17)9-12-10-21-14-6-4-3-5-13(12)14;1-9-15(23)20-13(16(24)21-14(8-22)17(25)19-9)6-10-7-18-12-5-3-2-4-11(10)12;1-6(2)9-12(19)14-8(5-17)11(18)15-10(7(3)4)13(20)16-9;1-5(2)8-11(18)13-7(4-15)10(17)12-6(3)9(16)14-8/h1-8,11-12,20-22,26-27,31H,9-10,13H2,(H,28,32)(H,29,34)(H,30,33);3-6,10-11,15-17,21,25H,7-9H2,1-2H3,(H,22,28)(H,23,26)(H,24,27);2-5,7,9,13-14,18,22H,6,8H2,1H3,(H,19,25)(H,20,23)(H,21,24);6-10,17H,5H2,1-4H3,(H,14,19)(H,15,18)(H,16,20);5-8,15H,4H2,1-3H3,(H,12,17)(H,13,18)(H,14,16)/t20?,21-,22?;11?,15?,16-,17?;9?,13-,14?;8?,9-,10?;6?,7?,8-/m00000/s1. The molecule has 16 atom stereocenters. The molecule has 39 nitrogen and oxygen atoms in total. The number of aliphatic hydroxyl groups is 5. The molecule has 0 spiro atoms. The number of aromatic nitrogens is 4. The minimum Gasteiger partial charge on any atom is -0.394 e. The monoisotopic (exact) mass is 1760 g/mol. The first kappa shape index (κ1) is 97.1. The number of aromatic amines is 4. The Morgan fingerprint density at radius 2 is 0.492 bits per heavy atom. The third kappa shape index (κ3) is 25.3. The third-order valence-corrected chi connectivity index (χ3v) is 22.4. The van der Waals surface area contributed by atoms with Crippen molar-refractivity contribution in [1.29, 1.82) is 0 Å². The van der Waals surface area contributed by atoms with E-state index in [2.05, 4.69) is 99.7 Å². The first-order chi connectivity index (χ1) is 60.1. The number of hydrogen-bond acceptors (Lipinski definition) is 21. The smallest absolute Gasteiger partial charge is 0.245 e. The zero-order chi connectivity index (χ0) is 91.9. The molecule has 0 radical (unpaired) electrons. The lowest BCUT2D eigenvalue weighted by Gasteiger charge is -2.24. The second kappa shape index (κ2) is 45.2. The van der Waals surface area contributed by atoms with Gasteiger partial charge < -0.3 is 125 Å². The van der Waals surface area contributed by atoms with E-state index >= 15 is 0 Å². The van der Waals surface area contributed by atoms with Gasteiger partial charge in [-0.3, -0.25) is 71.9 Å². The number of fused-ring (bicyclic) bond motifs is 4. The fourth-order valence-corrected chi connectivity index (χ4v) is 14.9. The van der Waals surface area contributed by atoms with Gasteiger partial charge in [0.2, 0.25) is 88.6 Å². The second-order valence-electron chi connectivity index (χ2n) is 32.2. The van der Waals surface area contributed by atoms with Crippen LogP contribution in [0.3, 0.4) is 0 Å². The number of amides is 15. The lowest BCUT2D eigenvalue weighted by molar-refractivity contribution is -0.132. The summed E-state index contributed by atoms with van der Waals surface area (Å²) in [7, 11) is 0. The summed E-state index contributed by atoms with van der Waals surface area (Å²) in [5.74, 6) is -7.20. The Hall–Kier alpha value is -12.8. The maximum atomic E-state index is 13.3. The number of nitrogens with one attached hydrogen (secondary N) is 19. The van der Waals surface area contributed by atoms with Crippen molar-refractivity contribution in [1.82, 2.24) is 99.7 Å². The molecule has 40 heteroatoms. The van der Waals surface area contributed by atoms with Gasteiger partial charge >= 0.3 is 0 Å². The number of carbonyl (C=O) groups excluding carboxylic acids is 15. The van der Waals surface area contributed by atoms with E-state index in [1.807, 2.05) is 122 Å². The quantitative estimate of drug-likeness (QED) is 0.0391. The van der Waals surface area contributed by atoms with Gasteiger partial charge in [-0.1, -0.05) is 114 Å². The van der Waals surface area contributed by atoms with E-state index in [0.29, 0.717) is 12.2 Å². The van der Waals surface area contributed by atoms with Crippen LogP contribution in [0.4, 0.5) is 0 Å². The van der Waals surface area contributed by atoms with E-state index < -0.39 is 206 Å². The summed E-state index contributed by atoms with van der Waals surface area (Å²) in [4.78, 5) is 198. The van der Waals surface area contributed by atoms with Gasteiger partial charge in [0.15, 0.2) is 0 Å². The zero-order valence-corrected chi connectivity index (χ0v) is 72.2. The van der Waals surface area contributed by atoms with Gasteiger partial charge in [-0.2, -0.15) is 11.8 Å². The van der Waals surface area contributed by atoms with Crippen LogP contribution in [0.2, 0.25) is 0 Å². The molecule has 4 aromatic carbocycles. The molecular weight excluding hydrogens is 1650 g/mol. The van der Waals surface area contributed by atoms with Crippen LogP contribution in [-0.4, -0.2) is 269 Å². The van der Waals surface area contributed by atoms with E-state index in [4.69, 9.17) is 5.11 Å². The molecule has 0 saturated carbocycles. The van der Waals surface area contributed by atoms with Crippen molar-refractivity contribution < 1.29 is 97.5 Å². The number of hydrogen-bond donors (Lipinski definition) is 24. The lowest BCUT2D eigenvalue weighted by atomic mass is 10.00. The van der Waals surface area contributed by atoms with Crippen LogP contribution in [-0.2, 0) is 97.6 Å². The Labute approximate surface area is 729 Å². The Morgan fingerprint density at radius 3 is 0.802 bits per heavy atom. The van der Waals surface area contributed by atoms with E-state index in [9.17, 15) is 92.3 Å². The van der Waals surface area contributed by atoms with Crippen LogP contribution in [0.1, 0.15) is 91.0 Å². The lowest BCUT2D eigenvalue weighted by Crippen LogP contribution is -2.55. The second-order valence-corrected chi connectivity index (χ2v) is 33.2. The number of carbonyl (C=O) groups is 15. The average molecular weight is 1770 g/mol. The highest BCUT2D eigenvalue weighted by Gasteiger charge is 2.41. The highest BCUT2D eigenvalue weighted by atomic mass is 32.2. The fraction of sp³-hybridized carbons (Fsp3) is 0.453. The molecule has 15 amide bonds. The SMILES string of the molecule is CC(C)C1NC(=O)C(CO)NC(=O)[C@H](C(C)C)NC1=O.CC1NC(=O)C(CO)NC(=O)[C@H](C(C)C)NC1=O.CC1NC(=O)C(CO)NC(=O)[C@H](Cc2c[nH]c3ccccc23)NC1=O.CSCCC1NC(=O)C(C(C)O)NC(=O)[C@H](Cc2c[nH]c3ccccc23)NC1=O.O=C1N[C@@H](Cc2c[nH]c3ccccc23)C(=O)NC(CO)C(=O)NC1Cc1c[nH]c2ccccc12. The summed E-state index contributed by atoms with van der Waals surface area (Å²) in [6, 6.07) is 17.2. The number of H-pyrrole nitrogens is 4. The van der Waals surface area contributed by atoms with Crippen molar-refractivity contribution >= 4 is 144 Å². The summed E-state index contributed by atoms with van der Waals surface area (Å²) >= 11 is 1.56. The molecule has 5 saturated heterocycles. The van der Waals surface area contributed by atoms with Crippen LogP contribution in [0.5, 0.6) is 0 Å². The third-order valence-electron chi connectivity index (χ3n) is 21.7. The Kier molecular flexibility index (Phi) is 34.8. The Balaban J connectivity index is 0.000000182.